The number of ether oxygens (including phenoxy) is 1. The Morgan fingerprint density at radius 1 is 0.900 bits per heavy atom. The number of nitrogens with zero attached hydrogens (tertiary/aromatic N) is 1. The Morgan fingerprint density at radius 3 is 2.50 bits per heavy atom. The normalized spacial score (nSPS) is 10.9. The van der Waals surface area contributed by atoms with Crippen molar-refractivity contribution < 1.29 is 14.6 Å². The van der Waals surface area contributed by atoms with Crippen molar-refractivity contribution in [2.24, 2.45) is 0 Å². The summed E-state index contributed by atoms with van der Waals surface area (Å²) in [6.07, 6.45) is 3.78. The molecule has 4 nitrogen and oxygen atoms in total. The van der Waals surface area contributed by atoms with E-state index in [-0.39, 0.29) is 6.42 Å². The van der Waals surface area contributed by atoms with Crippen LogP contribution < -0.4 is 4.74 Å². The Hall–Kier alpha value is -3.53. The minimum absolute atomic E-state index is 0.197. The lowest BCUT2D eigenvalue weighted by atomic mass is 10.1. The number of aliphatic carboxylic acids is 1. The summed E-state index contributed by atoms with van der Waals surface area (Å²) in [6.45, 7) is 1.29. The number of carboxylic acids is 1. The van der Waals surface area contributed by atoms with Crippen molar-refractivity contribution in [3.63, 3.8) is 0 Å². The second-order valence-corrected chi connectivity index (χ2v) is 7.47. The highest BCUT2D eigenvalue weighted by Crippen LogP contribution is 2.24. The van der Waals surface area contributed by atoms with Gasteiger partial charge in [-0.2, -0.15) is 0 Å². The molecule has 1 aromatic heterocycles. The smallest absolute Gasteiger partial charge is 0.303 e. The molecule has 0 aliphatic heterocycles. The number of hydrogen-bond donors (Lipinski definition) is 1. The van der Waals surface area contributed by atoms with Crippen LogP contribution in [0.4, 0.5) is 0 Å². The minimum Gasteiger partial charge on any atom is -0.489 e. The quantitative estimate of drug-likeness (QED) is 0.394. The number of benzene rings is 3. The molecule has 0 unspecified atom stereocenters. The average Bonchev–Trinajstić information content (AvgIpc) is 3.11. The Kier molecular flexibility index (Phi) is 6.14. The Labute approximate surface area is 176 Å². The number of aryl methyl sites for hydroxylation is 1. The molecule has 1 heterocycles. The molecule has 0 atom stereocenters. The largest absolute Gasteiger partial charge is 0.489 e. The lowest BCUT2D eigenvalue weighted by Gasteiger charge is -2.09. The van der Waals surface area contributed by atoms with E-state index in [1.807, 2.05) is 42.5 Å². The molecule has 0 spiro atoms. The summed E-state index contributed by atoms with van der Waals surface area (Å²) in [6, 6.07) is 26.6. The van der Waals surface area contributed by atoms with Crippen LogP contribution in [0, 0.1) is 0 Å². The average molecular weight is 399 g/mol. The SMILES string of the molecule is O=C(O)CCCc1cn(Cc2cccc(COc3ccccc3)c2)c2ccccc12. The van der Waals surface area contributed by atoms with Crippen LogP contribution >= 0.6 is 0 Å². The zero-order valence-corrected chi connectivity index (χ0v) is 16.8. The maximum Gasteiger partial charge on any atom is 0.303 e. The van der Waals surface area contributed by atoms with Gasteiger partial charge in [-0.15, -0.1) is 0 Å². The van der Waals surface area contributed by atoms with Crippen LogP contribution in [0.5, 0.6) is 5.75 Å². The third kappa shape index (κ3) is 4.90. The predicted octanol–water partition coefficient (Wildman–Crippen LogP) is 5.68. The molecule has 0 aliphatic rings. The van der Waals surface area contributed by atoms with E-state index in [0.29, 0.717) is 13.0 Å². The van der Waals surface area contributed by atoms with Gasteiger partial charge in [-0.25, -0.2) is 0 Å². The molecule has 0 bridgehead atoms. The molecular formula is C26H25NO3. The van der Waals surface area contributed by atoms with Crippen molar-refractivity contribution in [2.75, 3.05) is 0 Å². The van der Waals surface area contributed by atoms with Crippen molar-refractivity contribution in [1.82, 2.24) is 4.57 Å². The number of rotatable bonds is 9. The number of aromatic nitrogens is 1. The Morgan fingerprint density at radius 2 is 1.67 bits per heavy atom. The monoisotopic (exact) mass is 399 g/mol. The molecule has 30 heavy (non-hydrogen) atoms. The summed E-state index contributed by atoms with van der Waals surface area (Å²) in [5, 5.41) is 10.1. The number of para-hydroxylation sites is 2. The van der Waals surface area contributed by atoms with Crippen molar-refractivity contribution in [1.29, 1.82) is 0 Å². The molecular weight excluding hydrogens is 374 g/mol. The van der Waals surface area contributed by atoms with E-state index in [1.165, 1.54) is 22.0 Å². The van der Waals surface area contributed by atoms with Crippen LogP contribution in [-0.4, -0.2) is 15.6 Å². The fraction of sp³-hybridized carbons (Fsp3) is 0.192. The van der Waals surface area contributed by atoms with Gasteiger partial charge in [0.25, 0.3) is 0 Å². The summed E-state index contributed by atoms with van der Waals surface area (Å²) in [7, 11) is 0. The van der Waals surface area contributed by atoms with Crippen LogP contribution in [0.2, 0.25) is 0 Å². The third-order valence-corrected chi connectivity index (χ3v) is 5.20. The lowest BCUT2D eigenvalue weighted by molar-refractivity contribution is -0.137. The first-order valence-corrected chi connectivity index (χ1v) is 10.2. The van der Waals surface area contributed by atoms with Crippen LogP contribution in [0.25, 0.3) is 10.9 Å². The first kappa shape index (κ1) is 19.8. The van der Waals surface area contributed by atoms with Gasteiger partial charge in [0, 0.05) is 30.1 Å². The van der Waals surface area contributed by atoms with Gasteiger partial charge in [-0.3, -0.25) is 4.79 Å². The predicted molar refractivity (Wildman–Crippen MR) is 119 cm³/mol. The van der Waals surface area contributed by atoms with E-state index >= 15 is 0 Å². The highest BCUT2D eigenvalue weighted by atomic mass is 16.5. The summed E-state index contributed by atoms with van der Waals surface area (Å²) in [4.78, 5) is 10.9. The number of carboxylic acid groups (broad SMARTS) is 1. The molecule has 4 aromatic rings. The second-order valence-electron chi connectivity index (χ2n) is 7.47. The van der Waals surface area contributed by atoms with Crippen LogP contribution in [0.1, 0.15) is 29.5 Å². The van der Waals surface area contributed by atoms with Gasteiger partial charge in [-0.05, 0) is 47.7 Å². The molecule has 0 aliphatic carbocycles. The maximum atomic E-state index is 10.9. The molecule has 4 heteroatoms. The maximum absolute atomic E-state index is 10.9. The van der Waals surface area contributed by atoms with Gasteiger partial charge in [0.05, 0.1) is 0 Å². The first-order chi connectivity index (χ1) is 14.7. The molecule has 0 saturated heterocycles. The minimum atomic E-state index is -0.742. The van der Waals surface area contributed by atoms with Crippen molar-refractivity contribution in [3.05, 3.63) is 102 Å². The van der Waals surface area contributed by atoms with E-state index in [0.717, 1.165) is 24.3 Å². The summed E-state index contributed by atoms with van der Waals surface area (Å²) < 4.78 is 8.13. The molecule has 0 amide bonds. The molecule has 1 N–H and O–H groups in total. The topological polar surface area (TPSA) is 51.5 Å². The zero-order chi connectivity index (χ0) is 20.8. The van der Waals surface area contributed by atoms with Gasteiger partial charge < -0.3 is 14.4 Å². The molecule has 152 valence electrons. The third-order valence-electron chi connectivity index (χ3n) is 5.20. The second kappa shape index (κ2) is 9.31. The first-order valence-electron chi connectivity index (χ1n) is 10.2. The molecule has 4 rings (SSSR count). The van der Waals surface area contributed by atoms with Gasteiger partial charge in [0.2, 0.25) is 0 Å². The standard InChI is InChI=1S/C26H25NO3/c28-26(29)15-7-10-22-18-27(25-14-5-4-13-24(22)25)17-20-8-6-9-21(16-20)19-30-23-11-2-1-3-12-23/h1-6,8-9,11-14,16,18H,7,10,15,17,19H2,(H,28,29). The van der Waals surface area contributed by atoms with Gasteiger partial charge in [-0.1, -0.05) is 60.7 Å². The van der Waals surface area contributed by atoms with E-state index in [2.05, 4.69) is 47.2 Å². The van der Waals surface area contributed by atoms with Gasteiger partial charge in [0.15, 0.2) is 0 Å². The highest BCUT2D eigenvalue weighted by Gasteiger charge is 2.09. The van der Waals surface area contributed by atoms with Crippen molar-refractivity contribution >= 4 is 16.9 Å². The number of carbonyl (C=O) groups is 1. The molecule has 0 fully saturated rings. The van der Waals surface area contributed by atoms with E-state index in [1.54, 1.807) is 0 Å². The highest BCUT2D eigenvalue weighted by molar-refractivity contribution is 5.84. The lowest BCUT2D eigenvalue weighted by Crippen LogP contribution is -2.00. The zero-order valence-electron chi connectivity index (χ0n) is 16.8. The van der Waals surface area contributed by atoms with Crippen molar-refractivity contribution in [2.45, 2.75) is 32.4 Å². The van der Waals surface area contributed by atoms with Crippen LogP contribution in [0.15, 0.2) is 85.1 Å². The van der Waals surface area contributed by atoms with Gasteiger partial charge in [0.1, 0.15) is 12.4 Å². The fourth-order valence-electron chi connectivity index (χ4n) is 3.78. The molecule has 3 aromatic carbocycles. The van der Waals surface area contributed by atoms with Crippen LogP contribution in [0.3, 0.4) is 0 Å². The molecule has 0 radical (unpaired) electrons. The number of hydrogen-bond acceptors (Lipinski definition) is 2. The summed E-state index contributed by atoms with van der Waals surface area (Å²) in [5.41, 5.74) is 4.72. The molecule has 0 saturated carbocycles. The number of fused-ring (bicyclic) bond motifs is 1. The van der Waals surface area contributed by atoms with Gasteiger partial charge >= 0.3 is 5.97 Å². The summed E-state index contributed by atoms with van der Waals surface area (Å²) >= 11 is 0. The summed E-state index contributed by atoms with van der Waals surface area (Å²) in [5.74, 6) is 0.124. The van der Waals surface area contributed by atoms with E-state index in [9.17, 15) is 4.79 Å². The van der Waals surface area contributed by atoms with Crippen molar-refractivity contribution in [3.8, 4) is 5.75 Å². The van der Waals surface area contributed by atoms with E-state index in [4.69, 9.17) is 9.84 Å². The van der Waals surface area contributed by atoms with E-state index < -0.39 is 5.97 Å². The Bertz CT molecular complexity index is 1130. The Balaban J connectivity index is 1.50. The van der Waals surface area contributed by atoms with Crippen LogP contribution in [-0.2, 0) is 24.4 Å². The fourth-order valence-corrected chi connectivity index (χ4v) is 3.78.